The maximum absolute atomic E-state index is 9.61. The third-order valence-electron chi connectivity index (χ3n) is 2.14. The van der Waals surface area contributed by atoms with Crippen LogP contribution in [0.1, 0.15) is 16.7 Å². The van der Waals surface area contributed by atoms with Crippen LogP contribution in [0.3, 0.4) is 0 Å². The number of phenols is 1. The van der Waals surface area contributed by atoms with Crippen LogP contribution in [0.4, 0.5) is 0 Å². The lowest BCUT2D eigenvalue weighted by Crippen LogP contribution is -2.01. The fourth-order valence-corrected chi connectivity index (χ4v) is 1.71. The molecule has 1 aromatic rings. The molecule has 0 saturated carbocycles. The number of nitrogens with two attached hydrogens (primary N) is 1. The van der Waals surface area contributed by atoms with Gasteiger partial charge >= 0.3 is 0 Å². The summed E-state index contributed by atoms with van der Waals surface area (Å²) in [6.45, 7) is 3.81. The van der Waals surface area contributed by atoms with E-state index in [1.807, 2.05) is 6.92 Å². The first-order chi connectivity index (χ1) is 6.00. The molecule has 1 aromatic carbocycles. The van der Waals surface area contributed by atoms with Crippen molar-refractivity contribution in [2.24, 2.45) is 5.73 Å². The van der Waals surface area contributed by atoms with Gasteiger partial charge in [-0.1, -0.05) is 23.2 Å². The minimum Gasteiger partial charge on any atom is -0.506 e. The lowest BCUT2D eigenvalue weighted by molar-refractivity contribution is 0.467. The molecule has 0 fully saturated rings. The van der Waals surface area contributed by atoms with E-state index in [9.17, 15) is 5.11 Å². The highest BCUT2D eigenvalue weighted by molar-refractivity contribution is 6.37. The number of phenolic OH excluding ortho intramolecular Hbond substituents is 1. The molecule has 0 aliphatic rings. The highest BCUT2D eigenvalue weighted by Gasteiger charge is 2.15. The van der Waals surface area contributed by atoms with E-state index in [0.29, 0.717) is 16.1 Å². The lowest BCUT2D eigenvalue weighted by atomic mass is 10.0. The fraction of sp³-hybridized carbons (Fsp3) is 0.333. The summed E-state index contributed by atoms with van der Waals surface area (Å²) in [5.41, 5.74) is 7.56. The van der Waals surface area contributed by atoms with Crippen molar-refractivity contribution in [2.45, 2.75) is 20.4 Å². The van der Waals surface area contributed by atoms with Crippen molar-refractivity contribution in [3.05, 3.63) is 26.7 Å². The van der Waals surface area contributed by atoms with Crippen molar-refractivity contribution in [3.63, 3.8) is 0 Å². The monoisotopic (exact) mass is 255 g/mol. The predicted octanol–water partition coefficient (Wildman–Crippen LogP) is 3.20. The van der Waals surface area contributed by atoms with Crippen LogP contribution in [0.2, 0.25) is 10.0 Å². The van der Waals surface area contributed by atoms with Crippen molar-refractivity contribution >= 4 is 35.6 Å². The van der Waals surface area contributed by atoms with Crippen molar-refractivity contribution in [2.75, 3.05) is 0 Å². The van der Waals surface area contributed by atoms with Gasteiger partial charge in [0, 0.05) is 17.1 Å². The quantitative estimate of drug-likeness (QED) is 0.810. The van der Waals surface area contributed by atoms with E-state index in [4.69, 9.17) is 28.9 Å². The van der Waals surface area contributed by atoms with Crippen molar-refractivity contribution in [3.8, 4) is 5.75 Å². The third kappa shape index (κ3) is 2.09. The normalized spacial score (nSPS) is 9.79. The SMILES string of the molecule is Cc1c(Cl)c(C)c(CN)c(O)c1Cl.Cl. The molecule has 0 radical (unpaired) electrons. The van der Waals surface area contributed by atoms with Crippen LogP contribution in [-0.2, 0) is 6.54 Å². The molecule has 0 aromatic heterocycles. The van der Waals surface area contributed by atoms with Gasteiger partial charge in [0.2, 0.25) is 0 Å². The summed E-state index contributed by atoms with van der Waals surface area (Å²) in [7, 11) is 0. The smallest absolute Gasteiger partial charge is 0.139 e. The first-order valence-electron chi connectivity index (χ1n) is 3.86. The molecule has 0 bridgehead atoms. The van der Waals surface area contributed by atoms with Gasteiger partial charge in [-0.05, 0) is 25.0 Å². The second kappa shape index (κ2) is 5.08. The second-order valence-electron chi connectivity index (χ2n) is 2.91. The summed E-state index contributed by atoms with van der Waals surface area (Å²) in [5, 5.41) is 10.5. The molecule has 0 spiro atoms. The molecule has 0 unspecified atom stereocenters. The van der Waals surface area contributed by atoms with E-state index >= 15 is 0 Å². The molecule has 5 heteroatoms. The van der Waals surface area contributed by atoms with Crippen LogP contribution in [0.25, 0.3) is 0 Å². The van der Waals surface area contributed by atoms with Gasteiger partial charge in [-0.2, -0.15) is 0 Å². The number of benzene rings is 1. The lowest BCUT2D eigenvalue weighted by Gasteiger charge is -2.12. The molecular formula is C9H12Cl3NO. The highest BCUT2D eigenvalue weighted by atomic mass is 35.5. The van der Waals surface area contributed by atoms with E-state index in [1.54, 1.807) is 6.92 Å². The number of hydrogen-bond donors (Lipinski definition) is 2. The molecular weight excluding hydrogens is 244 g/mol. The molecule has 14 heavy (non-hydrogen) atoms. The Kier molecular flexibility index (Phi) is 5.02. The van der Waals surface area contributed by atoms with Crippen molar-refractivity contribution in [1.29, 1.82) is 0 Å². The van der Waals surface area contributed by atoms with E-state index < -0.39 is 0 Å². The minimum atomic E-state index is 0. The van der Waals surface area contributed by atoms with Crippen LogP contribution < -0.4 is 5.73 Å². The first kappa shape index (κ1) is 13.8. The number of rotatable bonds is 1. The van der Waals surface area contributed by atoms with E-state index in [0.717, 1.165) is 5.56 Å². The van der Waals surface area contributed by atoms with Gasteiger partial charge in [0.25, 0.3) is 0 Å². The largest absolute Gasteiger partial charge is 0.506 e. The predicted molar refractivity (Wildman–Crippen MR) is 62.7 cm³/mol. The standard InChI is InChI=1S/C9H11Cl2NO.ClH/c1-4-6(3-12)9(13)8(11)5(2)7(4)10;/h13H,3,12H2,1-2H3;1H. The Balaban J connectivity index is 0.00000169. The summed E-state index contributed by atoms with van der Waals surface area (Å²) >= 11 is 11.8. The Morgan fingerprint density at radius 2 is 1.64 bits per heavy atom. The second-order valence-corrected chi connectivity index (χ2v) is 3.67. The molecule has 0 saturated heterocycles. The molecule has 0 aliphatic heterocycles. The zero-order valence-electron chi connectivity index (χ0n) is 7.90. The maximum Gasteiger partial charge on any atom is 0.139 e. The Morgan fingerprint density at radius 1 is 1.14 bits per heavy atom. The zero-order chi connectivity index (χ0) is 10.2. The van der Waals surface area contributed by atoms with Gasteiger partial charge in [0.15, 0.2) is 0 Å². The van der Waals surface area contributed by atoms with Crippen LogP contribution in [0.15, 0.2) is 0 Å². The summed E-state index contributed by atoms with van der Waals surface area (Å²) in [4.78, 5) is 0. The molecule has 0 heterocycles. The fourth-order valence-electron chi connectivity index (χ4n) is 1.25. The van der Waals surface area contributed by atoms with Crippen LogP contribution >= 0.6 is 35.6 Å². The molecule has 3 N–H and O–H groups in total. The van der Waals surface area contributed by atoms with Gasteiger partial charge < -0.3 is 10.8 Å². The topological polar surface area (TPSA) is 46.2 Å². The summed E-state index contributed by atoms with van der Waals surface area (Å²) in [5.74, 6) is 0.0450. The van der Waals surface area contributed by atoms with Crippen molar-refractivity contribution in [1.82, 2.24) is 0 Å². The Morgan fingerprint density at radius 3 is 2.07 bits per heavy atom. The minimum absolute atomic E-state index is 0. The number of aromatic hydroxyl groups is 1. The third-order valence-corrected chi connectivity index (χ3v) is 3.17. The maximum atomic E-state index is 9.61. The summed E-state index contributed by atoms with van der Waals surface area (Å²) in [6, 6.07) is 0. The molecule has 0 atom stereocenters. The number of hydrogen-bond acceptors (Lipinski definition) is 2. The number of halogens is 3. The van der Waals surface area contributed by atoms with Crippen LogP contribution in [0.5, 0.6) is 5.75 Å². The van der Waals surface area contributed by atoms with Gasteiger partial charge in [-0.3, -0.25) is 0 Å². The van der Waals surface area contributed by atoms with Gasteiger partial charge in [0.1, 0.15) is 5.75 Å². The molecule has 80 valence electrons. The Hall–Kier alpha value is -0.150. The highest BCUT2D eigenvalue weighted by Crippen LogP contribution is 2.38. The van der Waals surface area contributed by atoms with Crippen LogP contribution in [0, 0.1) is 13.8 Å². The summed E-state index contributed by atoms with van der Waals surface area (Å²) < 4.78 is 0. The summed E-state index contributed by atoms with van der Waals surface area (Å²) in [6.07, 6.45) is 0. The van der Waals surface area contributed by atoms with Gasteiger partial charge in [0.05, 0.1) is 5.02 Å². The Bertz CT molecular complexity index is 323. The van der Waals surface area contributed by atoms with Crippen LogP contribution in [-0.4, -0.2) is 5.11 Å². The molecule has 2 nitrogen and oxygen atoms in total. The van der Waals surface area contributed by atoms with Crippen molar-refractivity contribution < 1.29 is 5.11 Å². The average molecular weight is 257 g/mol. The average Bonchev–Trinajstić information content (AvgIpc) is 2.13. The van der Waals surface area contributed by atoms with E-state index in [-0.39, 0.29) is 29.7 Å². The first-order valence-corrected chi connectivity index (χ1v) is 4.62. The van der Waals surface area contributed by atoms with Gasteiger partial charge in [-0.15, -0.1) is 12.4 Å². The molecule has 0 amide bonds. The molecule has 1 rings (SSSR count). The van der Waals surface area contributed by atoms with E-state index in [2.05, 4.69) is 0 Å². The Labute approximate surface area is 99.4 Å². The van der Waals surface area contributed by atoms with E-state index in [1.165, 1.54) is 0 Å². The molecule has 0 aliphatic carbocycles. The van der Waals surface area contributed by atoms with Gasteiger partial charge in [-0.25, -0.2) is 0 Å². The zero-order valence-corrected chi connectivity index (χ0v) is 10.2.